The Bertz CT molecular complexity index is 728. The number of nitrogens with zero attached hydrogens (tertiary/aromatic N) is 2. The number of carboxylic acid groups (broad SMARTS) is 1. The predicted molar refractivity (Wildman–Crippen MR) is 89.4 cm³/mol. The van der Waals surface area contributed by atoms with Crippen molar-refractivity contribution in [1.82, 2.24) is 4.98 Å². The number of aliphatic carboxylic acids is 1. The molecule has 0 spiro atoms. The summed E-state index contributed by atoms with van der Waals surface area (Å²) in [7, 11) is 0. The minimum absolute atomic E-state index is 0.0295. The monoisotopic (exact) mass is 366 g/mol. The summed E-state index contributed by atoms with van der Waals surface area (Å²) in [6, 6.07) is 4.82. The normalized spacial score (nSPS) is 22.0. The molecule has 0 aromatic carbocycles. The molecule has 2 atom stereocenters. The lowest BCUT2D eigenvalue weighted by molar-refractivity contribution is -0.193. The van der Waals surface area contributed by atoms with Crippen LogP contribution in [0.3, 0.4) is 0 Å². The maximum atomic E-state index is 13.0. The molecular formula is C17H22N2O7. The molecular weight excluding hydrogens is 344 g/mol. The Hall–Kier alpha value is -2.52. The third kappa shape index (κ3) is 3.83. The number of morpholine rings is 1. The van der Waals surface area contributed by atoms with Crippen LogP contribution in [0.5, 0.6) is 0 Å². The summed E-state index contributed by atoms with van der Waals surface area (Å²) in [5, 5.41) is 19.5. The lowest BCUT2D eigenvalue weighted by atomic mass is 9.95. The third-order valence-electron chi connectivity index (χ3n) is 4.03. The summed E-state index contributed by atoms with van der Waals surface area (Å²) in [5.41, 5.74) is -2.76. The maximum Gasteiger partial charge on any atom is 0.348 e. The summed E-state index contributed by atoms with van der Waals surface area (Å²) in [6.45, 7) is 5.61. The number of hydrogen-bond acceptors (Lipinski definition) is 7. The number of carbonyl (C=O) groups excluding carboxylic acids is 2. The van der Waals surface area contributed by atoms with Gasteiger partial charge in [-0.1, -0.05) is 6.07 Å². The molecule has 9 heteroatoms. The minimum atomic E-state index is -1.90. The van der Waals surface area contributed by atoms with E-state index in [1.54, 1.807) is 32.0 Å². The number of hydrogen-bond donors (Lipinski definition) is 2. The smallest absolute Gasteiger partial charge is 0.348 e. The van der Waals surface area contributed by atoms with Crippen LogP contribution in [0.25, 0.3) is 0 Å². The zero-order chi connectivity index (χ0) is 19.7. The molecule has 0 aliphatic carbocycles. The van der Waals surface area contributed by atoms with Gasteiger partial charge in [0.2, 0.25) is 6.10 Å². The average molecular weight is 366 g/mol. The number of carboxylic acids is 1. The lowest BCUT2D eigenvalue weighted by Gasteiger charge is -2.41. The van der Waals surface area contributed by atoms with Gasteiger partial charge in [0, 0.05) is 6.92 Å². The molecule has 2 N–H and O–H groups in total. The first kappa shape index (κ1) is 19.8. The van der Waals surface area contributed by atoms with Crippen molar-refractivity contribution in [2.24, 2.45) is 0 Å². The molecule has 1 aliphatic rings. The largest absolute Gasteiger partial charge is 0.478 e. The highest BCUT2D eigenvalue weighted by atomic mass is 16.6. The summed E-state index contributed by atoms with van der Waals surface area (Å²) >= 11 is 0. The average Bonchev–Trinajstić information content (AvgIpc) is 2.54. The number of amides is 1. The van der Waals surface area contributed by atoms with Gasteiger partial charge < -0.3 is 19.7 Å². The van der Waals surface area contributed by atoms with E-state index in [1.807, 2.05) is 0 Å². The fourth-order valence-corrected chi connectivity index (χ4v) is 2.67. The van der Waals surface area contributed by atoms with Gasteiger partial charge >= 0.3 is 11.9 Å². The number of esters is 1. The number of rotatable bonds is 5. The lowest BCUT2D eigenvalue weighted by Crippen LogP contribution is -2.64. The van der Waals surface area contributed by atoms with Crippen LogP contribution in [0, 0.1) is 0 Å². The van der Waals surface area contributed by atoms with E-state index in [2.05, 4.69) is 4.98 Å². The van der Waals surface area contributed by atoms with Crippen LogP contribution in [0.2, 0.25) is 0 Å². The van der Waals surface area contributed by atoms with Gasteiger partial charge in [-0.05, 0) is 32.9 Å². The van der Waals surface area contributed by atoms with Crippen LogP contribution >= 0.6 is 0 Å². The van der Waals surface area contributed by atoms with E-state index in [0.717, 1.165) is 6.92 Å². The number of aromatic nitrogens is 1. The van der Waals surface area contributed by atoms with Crippen LogP contribution in [-0.2, 0) is 29.5 Å². The zero-order valence-electron chi connectivity index (χ0n) is 15.1. The van der Waals surface area contributed by atoms with E-state index < -0.39 is 35.2 Å². The number of pyridine rings is 1. The summed E-state index contributed by atoms with van der Waals surface area (Å²) in [6.07, 6.45) is -1.80. The number of aliphatic hydroxyl groups is 1. The standard InChI is InChI=1S/C17H22N2O7/c1-10(20)26-13(14(21)22)17(4)15(23)19(8-9-25-17)12-7-5-6-11(18-12)16(2,3)24/h5-7,13,24H,8-9H2,1-4H3,(H,21,22)/t13-,17+/m0/s1. The Morgan fingerprint density at radius 2 is 2.08 bits per heavy atom. The van der Waals surface area contributed by atoms with E-state index in [1.165, 1.54) is 11.8 Å². The second-order valence-corrected chi connectivity index (χ2v) is 6.68. The maximum absolute atomic E-state index is 13.0. The number of carbonyl (C=O) groups is 3. The molecule has 1 saturated heterocycles. The van der Waals surface area contributed by atoms with E-state index in [-0.39, 0.29) is 19.0 Å². The van der Waals surface area contributed by atoms with Crippen molar-refractivity contribution in [3.8, 4) is 0 Å². The second kappa shape index (κ2) is 7.00. The predicted octanol–water partition coefficient (Wildman–Crippen LogP) is 0.447. The third-order valence-corrected chi connectivity index (χ3v) is 4.03. The molecule has 0 saturated carbocycles. The number of anilines is 1. The highest BCUT2D eigenvalue weighted by Gasteiger charge is 2.53. The van der Waals surface area contributed by atoms with Gasteiger partial charge in [-0.3, -0.25) is 14.5 Å². The van der Waals surface area contributed by atoms with Crippen LogP contribution in [0.4, 0.5) is 5.82 Å². The molecule has 1 fully saturated rings. The van der Waals surface area contributed by atoms with Gasteiger partial charge in [0.05, 0.1) is 18.8 Å². The molecule has 0 radical (unpaired) electrons. The van der Waals surface area contributed by atoms with Gasteiger partial charge in [0.1, 0.15) is 11.4 Å². The molecule has 1 aromatic heterocycles. The SMILES string of the molecule is CC(=O)O[C@@H](C(=O)O)[C@@]1(C)OCCN(c2cccc(C(C)(C)O)n2)C1=O. The highest BCUT2D eigenvalue weighted by molar-refractivity contribution is 6.03. The molecule has 142 valence electrons. The second-order valence-electron chi connectivity index (χ2n) is 6.68. The van der Waals surface area contributed by atoms with E-state index in [9.17, 15) is 24.6 Å². The van der Waals surface area contributed by atoms with Gasteiger partial charge in [-0.15, -0.1) is 0 Å². The Balaban J connectivity index is 2.40. The Labute approximate surface area is 150 Å². The van der Waals surface area contributed by atoms with Crippen LogP contribution < -0.4 is 4.90 Å². The minimum Gasteiger partial charge on any atom is -0.478 e. The van der Waals surface area contributed by atoms with Crippen LogP contribution in [0.15, 0.2) is 18.2 Å². The molecule has 1 aliphatic heterocycles. The van der Waals surface area contributed by atoms with E-state index in [0.29, 0.717) is 5.69 Å². The summed E-state index contributed by atoms with van der Waals surface area (Å²) < 4.78 is 10.2. The van der Waals surface area contributed by atoms with Gasteiger partial charge in [0.15, 0.2) is 5.60 Å². The molecule has 1 amide bonds. The first-order chi connectivity index (χ1) is 12.0. The van der Waals surface area contributed by atoms with E-state index >= 15 is 0 Å². The van der Waals surface area contributed by atoms with Gasteiger partial charge in [-0.2, -0.15) is 0 Å². The van der Waals surface area contributed by atoms with Crippen molar-refractivity contribution in [2.45, 2.75) is 45.0 Å². The van der Waals surface area contributed by atoms with Crippen LogP contribution in [-0.4, -0.2) is 57.9 Å². The molecule has 9 nitrogen and oxygen atoms in total. The van der Waals surface area contributed by atoms with Gasteiger partial charge in [0.25, 0.3) is 5.91 Å². The molecule has 2 heterocycles. The van der Waals surface area contributed by atoms with Crippen LogP contribution in [0.1, 0.15) is 33.4 Å². The molecule has 2 rings (SSSR count). The Morgan fingerprint density at radius 1 is 1.42 bits per heavy atom. The van der Waals surface area contributed by atoms with Crippen molar-refractivity contribution in [1.29, 1.82) is 0 Å². The molecule has 1 aromatic rings. The zero-order valence-corrected chi connectivity index (χ0v) is 15.1. The van der Waals surface area contributed by atoms with Crippen molar-refractivity contribution in [3.05, 3.63) is 23.9 Å². The van der Waals surface area contributed by atoms with Gasteiger partial charge in [-0.25, -0.2) is 9.78 Å². The molecule has 26 heavy (non-hydrogen) atoms. The summed E-state index contributed by atoms with van der Waals surface area (Å²) in [5.74, 6) is -2.78. The highest BCUT2D eigenvalue weighted by Crippen LogP contribution is 2.29. The molecule has 0 unspecified atom stereocenters. The first-order valence-electron chi connectivity index (χ1n) is 8.02. The van der Waals surface area contributed by atoms with Crippen molar-refractivity contribution < 1.29 is 34.1 Å². The summed E-state index contributed by atoms with van der Waals surface area (Å²) in [4.78, 5) is 41.3. The quantitative estimate of drug-likeness (QED) is 0.719. The fourth-order valence-electron chi connectivity index (χ4n) is 2.67. The molecule has 0 bridgehead atoms. The van der Waals surface area contributed by atoms with Crippen molar-refractivity contribution >= 4 is 23.7 Å². The Kier molecular flexibility index (Phi) is 5.33. The Morgan fingerprint density at radius 3 is 2.62 bits per heavy atom. The van der Waals surface area contributed by atoms with E-state index in [4.69, 9.17) is 9.47 Å². The number of ether oxygens (including phenoxy) is 2. The van der Waals surface area contributed by atoms with Crippen molar-refractivity contribution in [2.75, 3.05) is 18.1 Å². The van der Waals surface area contributed by atoms with Crippen molar-refractivity contribution in [3.63, 3.8) is 0 Å². The first-order valence-corrected chi connectivity index (χ1v) is 8.02. The topological polar surface area (TPSA) is 126 Å². The fraction of sp³-hybridized carbons (Fsp3) is 0.529.